The first-order chi connectivity index (χ1) is 13.4. The lowest BCUT2D eigenvalue weighted by Gasteiger charge is -2.37. The first kappa shape index (κ1) is 20.1. The molecule has 1 N–H and O–H groups in total. The Morgan fingerprint density at radius 2 is 2.00 bits per heavy atom. The van der Waals surface area contributed by atoms with Crippen LogP contribution in [0.3, 0.4) is 0 Å². The second-order valence-electron chi connectivity index (χ2n) is 7.18. The number of carbonyl (C=O) groups excluding carboxylic acids is 3. The highest BCUT2D eigenvalue weighted by Crippen LogP contribution is 2.28. The van der Waals surface area contributed by atoms with Gasteiger partial charge in [-0.05, 0) is 41.1 Å². The number of benzene rings is 1. The normalized spacial score (nSPS) is 15.7. The molecule has 1 aromatic heterocycles. The molecule has 148 valence electrons. The van der Waals surface area contributed by atoms with Crippen LogP contribution < -0.4 is 5.32 Å². The van der Waals surface area contributed by atoms with E-state index in [1.54, 1.807) is 30.4 Å². The van der Waals surface area contributed by atoms with Gasteiger partial charge in [-0.2, -0.15) is 11.3 Å². The largest absolute Gasteiger partial charge is 0.347 e. The summed E-state index contributed by atoms with van der Waals surface area (Å²) in [6.07, 6.45) is 1.72. The highest BCUT2D eigenvalue weighted by molar-refractivity contribution is 7.08. The van der Waals surface area contributed by atoms with E-state index in [1.165, 1.54) is 16.2 Å². The van der Waals surface area contributed by atoms with Gasteiger partial charge in [0, 0.05) is 44.5 Å². The molecular weight excluding hydrogens is 374 g/mol. The summed E-state index contributed by atoms with van der Waals surface area (Å²) in [5.41, 5.74) is 3.30. The number of likely N-dealkylation sites (N-methyl/N-ethyl adjacent to an activating group) is 1. The molecule has 6 nitrogen and oxygen atoms in total. The quantitative estimate of drug-likeness (QED) is 0.840. The van der Waals surface area contributed by atoms with Crippen LogP contribution in [0, 0.1) is 0 Å². The van der Waals surface area contributed by atoms with Gasteiger partial charge in [0.25, 0.3) is 5.91 Å². The zero-order chi connectivity index (χ0) is 20.3. The average Bonchev–Trinajstić information content (AvgIpc) is 3.20. The van der Waals surface area contributed by atoms with E-state index >= 15 is 0 Å². The van der Waals surface area contributed by atoms with Crippen LogP contribution in [0.4, 0.5) is 5.69 Å². The maximum absolute atomic E-state index is 13.0. The Morgan fingerprint density at radius 1 is 1.21 bits per heavy atom. The van der Waals surface area contributed by atoms with Crippen molar-refractivity contribution < 1.29 is 14.4 Å². The van der Waals surface area contributed by atoms with Gasteiger partial charge in [0.2, 0.25) is 11.8 Å². The fourth-order valence-corrected chi connectivity index (χ4v) is 4.03. The lowest BCUT2D eigenvalue weighted by Crippen LogP contribution is -2.52. The van der Waals surface area contributed by atoms with Gasteiger partial charge in [-0.25, -0.2) is 0 Å². The van der Waals surface area contributed by atoms with E-state index in [-0.39, 0.29) is 17.7 Å². The smallest absolute Gasteiger partial charge is 0.255 e. The maximum atomic E-state index is 13.0. The molecule has 28 heavy (non-hydrogen) atoms. The van der Waals surface area contributed by atoms with Gasteiger partial charge in [-0.1, -0.05) is 13.0 Å². The number of hydrogen-bond acceptors (Lipinski definition) is 4. The number of nitrogens with one attached hydrogen (secondary N) is 1. The number of amides is 3. The van der Waals surface area contributed by atoms with Crippen molar-refractivity contribution in [2.75, 3.05) is 19.4 Å². The Kier molecular flexibility index (Phi) is 6.14. The molecule has 2 heterocycles. The van der Waals surface area contributed by atoms with Crippen molar-refractivity contribution in [3.8, 4) is 0 Å². The van der Waals surface area contributed by atoms with E-state index in [9.17, 15) is 14.4 Å². The summed E-state index contributed by atoms with van der Waals surface area (Å²) in [6, 6.07) is 6.96. The van der Waals surface area contributed by atoms with Gasteiger partial charge in [-0.15, -0.1) is 0 Å². The van der Waals surface area contributed by atoms with Crippen LogP contribution in [0.1, 0.15) is 41.3 Å². The van der Waals surface area contributed by atoms with E-state index in [0.29, 0.717) is 24.9 Å². The third-order valence-electron chi connectivity index (χ3n) is 4.85. The van der Waals surface area contributed by atoms with Crippen LogP contribution in [-0.2, 0) is 22.6 Å². The zero-order valence-electron chi connectivity index (χ0n) is 16.4. The lowest BCUT2D eigenvalue weighted by molar-refractivity contribution is -0.134. The number of anilines is 1. The van der Waals surface area contributed by atoms with Gasteiger partial charge in [0.1, 0.15) is 6.04 Å². The van der Waals surface area contributed by atoms with Gasteiger partial charge in [0.05, 0.1) is 5.56 Å². The van der Waals surface area contributed by atoms with Gasteiger partial charge >= 0.3 is 0 Å². The topological polar surface area (TPSA) is 69.7 Å². The molecule has 0 fully saturated rings. The highest BCUT2D eigenvalue weighted by Gasteiger charge is 2.36. The van der Waals surface area contributed by atoms with Crippen molar-refractivity contribution in [3.63, 3.8) is 0 Å². The molecule has 0 spiro atoms. The molecule has 1 aliphatic rings. The molecule has 1 aromatic carbocycles. The molecule has 0 radical (unpaired) electrons. The fraction of sp³-hybridized carbons (Fsp3) is 0.381. The minimum Gasteiger partial charge on any atom is -0.347 e. The molecule has 7 heteroatoms. The minimum absolute atomic E-state index is 0.0230. The predicted molar refractivity (Wildman–Crippen MR) is 110 cm³/mol. The molecule has 0 saturated heterocycles. The summed E-state index contributed by atoms with van der Waals surface area (Å²) in [7, 11) is 3.41. The average molecular weight is 400 g/mol. The second-order valence-corrected chi connectivity index (χ2v) is 7.96. The monoisotopic (exact) mass is 399 g/mol. The molecule has 3 amide bonds. The Labute approximate surface area is 169 Å². The van der Waals surface area contributed by atoms with Crippen LogP contribution in [0.25, 0.3) is 0 Å². The van der Waals surface area contributed by atoms with E-state index in [0.717, 1.165) is 23.2 Å². The third-order valence-corrected chi connectivity index (χ3v) is 5.54. The second kappa shape index (κ2) is 8.56. The molecule has 1 unspecified atom stereocenters. The number of rotatable bonds is 5. The van der Waals surface area contributed by atoms with Crippen molar-refractivity contribution in [2.24, 2.45) is 0 Å². The number of thiophene rings is 1. The van der Waals surface area contributed by atoms with Gasteiger partial charge in [0.15, 0.2) is 0 Å². The minimum atomic E-state index is -0.532. The number of hydrogen-bond donors (Lipinski definition) is 1. The molecule has 1 aliphatic heterocycles. The van der Waals surface area contributed by atoms with E-state index < -0.39 is 6.04 Å². The summed E-state index contributed by atoms with van der Waals surface area (Å²) in [5.74, 6) is -0.257. The van der Waals surface area contributed by atoms with Crippen molar-refractivity contribution in [1.82, 2.24) is 9.80 Å². The summed E-state index contributed by atoms with van der Waals surface area (Å²) < 4.78 is 0. The van der Waals surface area contributed by atoms with Crippen molar-refractivity contribution in [3.05, 3.63) is 51.7 Å². The standard InChI is InChI=1S/C21H25N3O3S/c1-4-5-19(25)22-17-7-6-14-11-18(21(27)23(2)3)24(12-16(14)10-17)20(26)15-8-9-28-13-15/h6-10,13,18H,4-5,11-12H2,1-3H3,(H,22,25). The Hall–Kier alpha value is -2.67. The molecule has 2 aromatic rings. The first-order valence-corrected chi connectivity index (χ1v) is 10.3. The van der Waals surface area contributed by atoms with Crippen molar-refractivity contribution in [2.45, 2.75) is 38.8 Å². The maximum Gasteiger partial charge on any atom is 0.255 e. The zero-order valence-corrected chi connectivity index (χ0v) is 17.2. The van der Waals surface area contributed by atoms with Crippen molar-refractivity contribution >= 4 is 34.7 Å². The van der Waals surface area contributed by atoms with Gasteiger partial charge in [-0.3, -0.25) is 14.4 Å². The lowest BCUT2D eigenvalue weighted by atomic mass is 9.92. The molecule has 0 aliphatic carbocycles. The van der Waals surface area contributed by atoms with E-state index in [2.05, 4.69) is 5.32 Å². The van der Waals surface area contributed by atoms with Crippen LogP contribution in [-0.4, -0.2) is 47.7 Å². The van der Waals surface area contributed by atoms with Crippen LogP contribution >= 0.6 is 11.3 Å². The SMILES string of the molecule is CCCC(=O)Nc1ccc2c(c1)CN(C(=O)c1ccsc1)C(C(=O)N(C)C)C2. The van der Waals surface area contributed by atoms with E-state index in [1.807, 2.05) is 30.5 Å². The molecule has 0 bridgehead atoms. The first-order valence-electron chi connectivity index (χ1n) is 9.36. The molecule has 0 saturated carbocycles. The number of nitrogens with zero attached hydrogens (tertiary/aromatic N) is 2. The molecule has 3 rings (SSSR count). The third kappa shape index (κ3) is 4.25. The highest BCUT2D eigenvalue weighted by atomic mass is 32.1. The fourth-order valence-electron chi connectivity index (χ4n) is 3.40. The van der Waals surface area contributed by atoms with Crippen molar-refractivity contribution in [1.29, 1.82) is 0 Å². The van der Waals surface area contributed by atoms with E-state index in [4.69, 9.17) is 0 Å². The Morgan fingerprint density at radius 3 is 2.64 bits per heavy atom. The Balaban J connectivity index is 1.90. The van der Waals surface area contributed by atoms with Crippen LogP contribution in [0.15, 0.2) is 35.0 Å². The summed E-state index contributed by atoms with van der Waals surface area (Å²) >= 11 is 1.46. The van der Waals surface area contributed by atoms with Crippen LogP contribution in [0.5, 0.6) is 0 Å². The summed E-state index contributed by atoms with van der Waals surface area (Å²) in [4.78, 5) is 40.9. The number of fused-ring (bicyclic) bond motifs is 1. The van der Waals surface area contributed by atoms with Gasteiger partial charge < -0.3 is 15.1 Å². The molecular formula is C21H25N3O3S. The molecule has 1 atom stereocenters. The predicted octanol–water partition coefficient (Wildman–Crippen LogP) is 3.14. The summed E-state index contributed by atoms with van der Waals surface area (Å²) in [6.45, 7) is 2.30. The number of carbonyl (C=O) groups is 3. The van der Waals surface area contributed by atoms with Crippen LogP contribution in [0.2, 0.25) is 0 Å². The summed E-state index contributed by atoms with van der Waals surface area (Å²) in [5, 5.41) is 6.56. The Bertz CT molecular complexity index is 877.